The van der Waals surface area contributed by atoms with Crippen LogP contribution in [0.2, 0.25) is 5.02 Å². The van der Waals surface area contributed by atoms with Gasteiger partial charge in [0.15, 0.2) is 17.3 Å². The van der Waals surface area contributed by atoms with E-state index in [1.165, 1.54) is 0 Å². The molecule has 0 bridgehead atoms. The summed E-state index contributed by atoms with van der Waals surface area (Å²) in [5.41, 5.74) is 4.00. The van der Waals surface area contributed by atoms with E-state index in [1.807, 2.05) is 62.2 Å². The zero-order valence-electron chi connectivity index (χ0n) is 18.1. The first-order valence-corrected chi connectivity index (χ1v) is 10.5. The fourth-order valence-corrected chi connectivity index (χ4v) is 3.90. The molecule has 2 aromatic rings. The van der Waals surface area contributed by atoms with Crippen LogP contribution >= 0.6 is 11.6 Å². The van der Waals surface area contributed by atoms with Gasteiger partial charge in [0.1, 0.15) is 6.04 Å². The van der Waals surface area contributed by atoms with Gasteiger partial charge in [-0.05, 0) is 32.9 Å². The molecule has 0 spiro atoms. The normalized spacial score (nSPS) is 17.3. The molecule has 0 radical (unpaired) electrons. The van der Waals surface area contributed by atoms with Gasteiger partial charge in [0.05, 0.1) is 36.9 Å². The van der Waals surface area contributed by atoms with Crippen molar-refractivity contribution in [1.82, 2.24) is 5.01 Å². The molecule has 1 unspecified atom stereocenters. The third kappa shape index (κ3) is 3.95. The Labute approximate surface area is 187 Å². The summed E-state index contributed by atoms with van der Waals surface area (Å²) >= 11 is 6.58. The van der Waals surface area contributed by atoms with Crippen LogP contribution < -0.4 is 9.47 Å². The number of fused-ring (bicyclic) bond motifs is 2. The van der Waals surface area contributed by atoms with Gasteiger partial charge < -0.3 is 9.47 Å². The Balaban J connectivity index is 1.98. The smallest absolute Gasteiger partial charge is 0.163 e. The SMILES string of the molecule is C=CCN1N=C(C)C2N=C(c3ccccc3Cl)c3cc(OC)c(OC(C)C)cc3N=C21. The summed E-state index contributed by atoms with van der Waals surface area (Å²) in [6.07, 6.45) is 1.79. The first kappa shape index (κ1) is 21.1. The van der Waals surface area contributed by atoms with Gasteiger partial charge in [-0.1, -0.05) is 35.9 Å². The molecular formula is C24H25ClN4O2. The quantitative estimate of drug-likeness (QED) is 0.580. The van der Waals surface area contributed by atoms with Gasteiger partial charge in [-0.3, -0.25) is 4.99 Å². The Morgan fingerprint density at radius 2 is 1.97 bits per heavy atom. The molecular weight excluding hydrogens is 412 g/mol. The summed E-state index contributed by atoms with van der Waals surface area (Å²) in [4.78, 5) is 10.1. The van der Waals surface area contributed by atoms with Gasteiger partial charge in [0, 0.05) is 22.2 Å². The minimum atomic E-state index is -0.306. The molecule has 7 heteroatoms. The van der Waals surface area contributed by atoms with E-state index in [-0.39, 0.29) is 12.1 Å². The Morgan fingerprint density at radius 1 is 1.19 bits per heavy atom. The molecule has 1 atom stereocenters. The van der Waals surface area contributed by atoms with E-state index in [1.54, 1.807) is 13.2 Å². The van der Waals surface area contributed by atoms with Crippen LogP contribution in [0.15, 0.2) is 64.1 Å². The molecule has 160 valence electrons. The summed E-state index contributed by atoms with van der Waals surface area (Å²) in [6, 6.07) is 11.2. The number of hydrogen-bond acceptors (Lipinski definition) is 6. The predicted molar refractivity (Wildman–Crippen MR) is 127 cm³/mol. The monoisotopic (exact) mass is 436 g/mol. The zero-order valence-corrected chi connectivity index (χ0v) is 18.8. The maximum absolute atomic E-state index is 6.58. The van der Waals surface area contributed by atoms with Gasteiger partial charge in [0.2, 0.25) is 0 Å². The Kier molecular flexibility index (Phi) is 5.83. The summed E-state index contributed by atoms with van der Waals surface area (Å²) in [5, 5.41) is 7.10. The molecule has 0 amide bonds. The highest BCUT2D eigenvalue weighted by molar-refractivity contribution is 6.36. The van der Waals surface area contributed by atoms with E-state index in [2.05, 4.69) is 11.7 Å². The highest BCUT2D eigenvalue weighted by Gasteiger charge is 2.34. The van der Waals surface area contributed by atoms with Crippen molar-refractivity contribution < 1.29 is 9.47 Å². The van der Waals surface area contributed by atoms with Crippen molar-refractivity contribution >= 4 is 34.5 Å². The maximum atomic E-state index is 6.58. The second kappa shape index (κ2) is 8.55. The molecule has 0 N–H and O–H groups in total. The molecule has 31 heavy (non-hydrogen) atoms. The number of aliphatic imine (C=N–C) groups is 2. The molecule has 4 rings (SSSR count). The summed E-state index contributed by atoms with van der Waals surface area (Å²) < 4.78 is 11.6. The molecule has 2 aliphatic heterocycles. The molecule has 0 saturated carbocycles. The standard InChI is InChI=1S/C24H25ClN4O2/c1-6-11-29-24-22(15(4)28-29)27-23(16-9-7-8-10-18(16)25)17-12-20(30-5)21(31-14(2)3)13-19(17)26-24/h6-10,12-14,22H,1,11H2,2-5H3. The van der Waals surface area contributed by atoms with E-state index < -0.39 is 0 Å². The number of ether oxygens (including phenoxy) is 2. The number of hydrogen-bond donors (Lipinski definition) is 0. The lowest BCUT2D eigenvalue weighted by molar-refractivity contribution is 0.230. The fraction of sp³-hybridized carbons (Fsp3) is 0.292. The number of methoxy groups -OCH3 is 1. The maximum Gasteiger partial charge on any atom is 0.163 e. The van der Waals surface area contributed by atoms with Crippen LogP contribution in [0.5, 0.6) is 11.5 Å². The fourth-order valence-electron chi connectivity index (χ4n) is 3.68. The molecule has 2 heterocycles. The molecule has 0 saturated heterocycles. The van der Waals surface area contributed by atoms with Crippen LogP contribution in [0.1, 0.15) is 31.9 Å². The largest absolute Gasteiger partial charge is 0.493 e. The van der Waals surface area contributed by atoms with Crippen molar-refractivity contribution in [3.05, 3.63) is 65.2 Å². The molecule has 0 aromatic heterocycles. The van der Waals surface area contributed by atoms with Crippen molar-refractivity contribution in [2.24, 2.45) is 15.1 Å². The van der Waals surface area contributed by atoms with Crippen LogP contribution in [-0.2, 0) is 0 Å². The van der Waals surface area contributed by atoms with Crippen LogP contribution in [0.25, 0.3) is 0 Å². The second-order valence-corrected chi connectivity index (χ2v) is 8.04. The Bertz CT molecular complexity index is 1120. The first-order chi connectivity index (χ1) is 14.9. The van der Waals surface area contributed by atoms with Crippen molar-refractivity contribution in [2.45, 2.75) is 32.9 Å². The summed E-state index contributed by atoms with van der Waals surface area (Å²) in [6.45, 7) is 10.3. The van der Waals surface area contributed by atoms with Gasteiger partial charge >= 0.3 is 0 Å². The van der Waals surface area contributed by atoms with E-state index >= 15 is 0 Å². The van der Waals surface area contributed by atoms with Gasteiger partial charge in [-0.25, -0.2) is 10.0 Å². The van der Waals surface area contributed by atoms with E-state index in [4.69, 9.17) is 31.1 Å². The van der Waals surface area contributed by atoms with E-state index in [0.29, 0.717) is 23.1 Å². The third-order valence-corrected chi connectivity index (χ3v) is 5.34. The summed E-state index contributed by atoms with van der Waals surface area (Å²) in [5.74, 6) is 2.00. The number of amidine groups is 1. The lowest BCUT2D eigenvalue weighted by atomic mass is 9.99. The van der Waals surface area contributed by atoms with E-state index in [0.717, 1.165) is 34.1 Å². The predicted octanol–water partition coefficient (Wildman–Crippen LogP) is 5.26. The molecule has 0 aliphatic carbocycles. The zero-order chi connectivity index (χ0) is 22.1. The van der Waals surface area contributed by atoms with Crippen molar-refractivity contribution in [3.8, 4) is 11.5 Å². The molecule has 2 aromatic carbocycles. The molecule has 6 nitrogen and oxygen atoms in total. The lowest BCUT2D eigenvalue weighted by Crippen LogP contribution is -2.30. The van der Waals surface area contributed by atoms with Crippen LogP contribution in [0, 0.1) is 0 Å². The molecule has 0 fully saturated rings. The van der Waals surface area contributed by atoms with Crippen molar-refractivity contribution in [2.75, 3.05) is 13.7 Å². The van der Waals surface area contributed by atoms with Crippen molar-refractivity contribution in [3.63, 3.8) is 0 Å². The van der Waals surface area contributed by atoms with E-state index in [9.17, 15) is 0 Å². The molecule has 2 aliphatic rings. The first-order valence-electron chi connectivity index (χ1n) is 10.2. The number of rotatable bonds is 6. The van der Waals surface area contributed by atoms with Gasteiger partial charge in [-0.2, -0.15) is 5.10 Å². The third-order valence-electron chi connectivity index (χ3n) is 5.01. The number of halogens is 1. The van der Waals surface area contributed by atoms with Gasteiger partial charge in [0.25, 0.3) is 0 Å². The number of nitrogens with zero attached hydrogens (tertiary/aromatic N) is 4. The highest BCUT2D eigenvalue weighted by Crippen LogP contribution is 2.40. The topological polar surface area (TPSA) is 58.8 Å². The lowest BCUT2D eigenvalue weighted by Gasteiger charge is -2.17. The number of benzene rings is 2. The summed E-state index contributed by atoms with van der Waals surface area (Å²) in [7, 11) is 1.63. The van der Waals surface area contributed by atoms with Gasteiger partial charge in [-0.15, -0.1) is 6.58 Å². The Hall–Kier alpha value is -3.12. The second-order valence-electron chi connectivity index (χ2n) is 7.63. The number of hydrazone groups is 1. The van der Waals surface area contributed by atoms with Crippen LogP contribution in [-0.4, -0.2) is 48.1 Å². The minimum absolute atomic E-state index is 0.0100. The van der Waals surface area contributed by atoms with Crippen LogP contribution in [0.4, 0.5) is 5.69 Å². The average molecular weight is 437 g/mol. The highest BCUT2D eigenvalue weighted by atomic mass is 35.5. The Morgan fingerprint density at radius 3 is 2.65 bits per heavy atom. The average Bonchev–Trinajstić information content (AvgIpc) is 2.91. The minimum Gasteiger partial charge on any atom is -0.493 e. The van der Waals surface area contributed by atoms with Crippen molar-refractivity contribution in [1.29, 1.82) is 0 Å². The van der Waals surface area contributed by atoms with Crippen LogP contribution in [0.3, 0.4) is 0 Å².